The number of hydrogen-bond acceptors (Lipinski definition) is 1. The first-order valence-corrected chi connectivity index (χ1v) is 6.76. The van der Waals surface area contributed by atoms with Gasteiger partial charge in [0, 0.05) is 8.07 Å². The van der Waals surface area contributed by atoms with E-state index in [4.69, 9.17) is 5.50 Å². The molecule has 0 heterocycles. The maximum atomic E-state index is 6.28. The summed E-state index contributed by atoms with van der Waals surface area (Å²) in [5.74, 6) is 0. The quantitative estimate of drug-likeness (QED) is 0.830. The lowest BCUT2D eigenvalue weighted by Gasteiger charge is -2.12. The van der Waals surface area contributed by atoms with Crippen molar-refractivity contribution in [3.63, 3.8) is 0 Å². The molecule has 3 heteroatoms. The van der Waals surface area contributed by atoms with Crippen molar-refractivity contribution in [3.8, 4) is 0 Å². The minimum atomic E-state index is -0.696. The molecule has 0 aliphatic heterocycles. The van der Waals surface area contributed by atoms with Gasteiger partial charge in [-0.2, -0.15) is 0 Å². The summed E-state index contributed by atoms with van der Waals surface area (Å²) in [5.41, 5.74) is 8.83. The first-order valence-electron chi connectivity index (χ1n) is 5.35. The summed E-state index contributed by atoms with van der Waals surface area (Å²) in [6, 6.07) is 17.0. The van der Waals surface area contributed by atoms with Gasteiger partial charge < -0.3 is 5.50 Å². The lowest BCUT2D eigenvalue weighted by molar-refractivity contribution is 1.48. The topological polar surface area (TPSA) is 26.0 Å². The van der Waals surface area contributed by atoms with Crippen molar-refractivity contribution in [2.24, 2.45) is 5.50 Å². The average Bonchev–Trinajstić information content (AvgIpc) is 2.30. The van der Waals surface area contributed by atoms with Crippen molar-refractivity contribution in [1.29, 1.82) is 0 Å². The van der Waals surface area contributed by atoms with E-state index in [1.54, 1.807) is 0 Å². The molecule has 0 atom stereocenters. The molecule has 0 saturated heterocycles. The fraction of sp³-hybridized carbons (Fsp3) is 0.143. The van der Waals surface area contributed by atoms with E-state index >= 15 is 0 Å². The van der Waals surface area contributed by atoms with E-state index in [2.05, 4.69) is 62.4 Å². The molecule has 1 nitrogen and oxygen atoms in total. The Hall–Kier alpha value is -0.880. The van der Waals surface area contributed by atoms with Gasteiger partial charge in [0.05, 0.1) is 0 Å². The molecule has 0 spiro atoms. The molecule has 0 aliphatic carbocycles. The SMILES string of the molecule is Cc1ccc(P(N)c2ccc(C)cc2)cc1.Cl. The molecular formula is C14H17ClNP. The zero-order valence-corrected chi connectivity index (χ0v) is 11.8. The van der Waals surface area contributed by atoms with Crippen molar-refractivity contribution in [2.75, 3.05) is 0 Å². The molecule has 0 radical (unpaired) electrons. The van der Waals surface area contributed by atoms with Gasteiger partial charge >= 0.3 is 0 Å². The highest BCUT2D eigenvalue weighted by atomic mass is 35.5. The van der Waals surface area contributed by atoms with Gasteiger partial charge in [-0.15, -0.1) is 12.4 Å². The number of halogens is 1. The largest absolute Gasteiger partial charge is 0.302 e. The summed E-state index contributed by atoms with van der Waals surface area (Å²) >= 11 is 0. The summed E-state index contributed by atoms with van der Waals surface area (Å²) in [7, 11) is -0.696. The summed E-state index contributed by atoms with van der Waals surface area (Å²) in [4.78, 5) is 0. The maximum Gasteiger partial charge on any atom is 0.0225 e. The molecule has 2 aromatic carbocycles. The van der Waals surface area contributed by atoms with Crippen molar-refractivity contribution in [3.05, 3.63) is 59.7 Å². The van der Waals surface area contributed by atoms with Gasteiger partial charge in [0.1, 0.15) is 0 Å². The zero-order chi connectivity index (χ0) is 11.5. The van der Waals surface area contributed by atoms with Crippen LogP contribution in [0.5, 0.6) is 0 Å². The van der Waals surface area contributed by atoms with Crippen LogP contribution < -0.4 is 16.1 Å². The van der Waals surface area contributed by atoms with Gasteiger partial charge in [0.25, 0.3) is 0 Å². The van der Waals surface area contributed by atoms with Crippen LogP contribution in [0.25, 0.3) is 0 Å². The van der Waals surface area contributed by atoms with Crippen LogP contribution in [-0.4, -0.2) is 0 Å². The highest BCUT2D eigenvalue weighted by Crippen LogP contribution is 2.23. The molecule has 0 saturated carbocycles. The summed E-state index contributed by atoms with van der Waals surface area (Å²) in [6.07, 6.45) is 0. The normalized spacial score (nSPS) is 10.1. The minimum Gasteiger partial charge on any atom is -0.302 e. The average molecular weight is 266 g/mol. The zero-order valence-electron chi connectivity index (χ0n) is 10.1. The molecule has 0 unspecified atom stereocenters. The van der Waals surface area contributed by atoms with Gasteiger partial charge in [0.2, 0.25) is 0 Å². The number of rotatable bonds is 2. The second kappa shape index (κ2) is 6.16. The number of hydrogen-bond donors (Lipinski definition) is 1. The molecular weight excluding hydrogens is 249 g/mol. The first-order chi connectivity index (χ1) is 7.66. The van der Waals surface area contributed by atoms with Crippen molar-refractivity contribution in [2.45, 2.75) is 13.8 Å². The Morgan fingerprint density at radius 1 is 0.706 bits per heavy atom. The third kappa shape index (κ3) is 3.54. The second-order valence-corrected chi connectivity index (χ2v) is 5.81. The van der Waals surface area contributed by atoms with Crippen molar-refractivity contribution >= 4 is 31.1 Å². The lowest BCUT2D eigenvalue weighted by Crippen LogP contribution is -2.17. The van der Waals surface area contributed by atoms with Crippen LogP contribution in [0.15, 0.2) is 48.5 Å². The van der Waals surface area contributed by atoms with E-state index in [9.17, 15) is 0 Å². The maximum absolute atomic E-state index is 6.28. The predicted octanol–water partition coefficient (Wildman–Crippen LogP) is 3.03. The van der Waals surface area contributed by atoms with Gasteiger partial charge in [-0.3, -0.25) is 0 Å². The molecule has 17 heavy (non-hydrogen) atoms. The summed E-state index contributed by atoms with van der Waals surface area (Å²) in [6.45, 7) is 4.18. The standard InChI is InChI=1S/C14H16NP.ClH/c1-11-3-7-13(8-4-11)16(15)14-9-5-12(2)6-10-14;/h3-10H,15H2,1-2H3;1H. The smallest absolute Gasteiger partial charge is 0.0225 e. The van der Waals surface area contributed by atoms with E-state index in [-0.39, 0.29) is 12.4 Å². The van der Waals surface area contributed by atoms with Gasteiger partial charge in [-0.1, -0.05) is 59.7 Å². The van der Waals surface area contributed by atoms with Crippen molar-refractivity contribution in [1.82, 2.24) is 0 Å². The predicted molar refractivity (Wildman–Crippen MR) is 80.0 cm³/mol. The molecule has 0 fully saturated rings. The van der Waals surface area contributed by atoms with Crippen LogP contribution in [0.2, 0.25) is 0 Å². The van der Waals surface area contributed by atoms with Gasteiger partial charge in [-0.05, 0) is 24.5 Å². The monoisotopic (exact) mass is 265 g/mol. The highest BCUT2D eigenvalue weighted by molar-refractivity contribution is 7.70. The lowest BCUT2D eigenvalue weighted by atomic mass is 10.2. The summed E-state index contributed by atoms with van der Waals surface area (Å²) < 4.78 is 0. The Bertz CT molecular complexity index is 419. The third-order valence-electron chi connectivity index (χ3n) is 2.62. The van der Waals surface area contributed by atoms with Crippen LogP contribution >= 0.6 is 20.5 Å². The van der Waals surface area contributed by atoms with E-state index in [0.717, 1.165) is 0 Å². The Balaban J connectivity index is 0.00000144. The molecule has 2 rings (SSSR count). The van der Waals surface area contributed by atoms with E-state index < -0.39 is 8.07 Å². The molecule has 0 bridgehead atoms. The molecule has 90 valence electrons. The van der Waals surface area contributed by atoms with Gasteiger partial charge in [-0.25, -0.2) is 0 Å². The Morgan fingerprint density at radius 2 is 1.00 bits per heavy atom. The molecule has 2 aromatic rings. The summed E-state index contributed by atoms with van der Waals surface area (Å²) in [5, 5.41) is 2.45. The van der Waals surface area contributed by atoms with Crippen LogP contribution in [0.3, 0.4) is 0 Å². The Labute approximate surface area is 110 Å². The highest BCUT2D eigenvalue weighted by Gasteiger charge is 2.07. The molecule has 2 N–H and O–H groups in total. The second-order valence-electron chi connectivity index (χ2n) is 4.04. The fourth-order valence-electron chi connectivity index (χ4n) is 1.56. The van der Waals surface area contributed by atoms with Crippen molar-refractivity contribution < 1.29 is 0 Å². The molecule has 0 aromatic heterocycles. The van der Waals surface area contributed by atoms with Gasteiger partial charge in [0.15, 0.2) is 0 Å². The van der Waals surface area contributed by atoms with E-state index in [1.165, 1.54) is 21.7 Å². The first kappa shape index (κ1) is 14.2. The Kier molecular flexibility index (Phi) is 5.14. The fourth-order valence-corrected chi connectivity index (χ4v) is 2.80. The third-order valence-corrected chi connectivity index (χ3v) is 4.33. The van der Waals surface area contributed by atoms with E-state index in [0.29, 0.717) is 0 Å². The number of benzene rings is 2. The molecule has 0 amide bonds. The van der Waals surface area contributed by atoms with Crippen LogP contribution in [0, 0.1) is 13.8 Å². The number of nitrogens with two attached hydrogens (primary N) is 1. The van der Waals surface area contributed by atoms with Crippen LogP contribution in [0.1, 0.15) is 11.1 Å². The minimum absolute atomic E-state index is 0. The molecule has 0 aliphatic rings. The number of aryl methyl sites for hydroxylation is 2. The Morgan fingerprint density at radius 3 is 1.29 bits per heavy atom. The van der Waals surface area contributed by atoms with Crippen LogP contribution in [-0.2, 0) is 0 Å². The van der Waals surface area contributed by atoms with Crippen LogP contribution in [0.4, 0.5) is 0 Å². The van der Waals surface area contributed by atoms with E-state index in [1.807, 2.05) is 0 Å².